The van der Waals surface area contributed by atoms with Crippen molar-refractivity contribution in [3.63, 3.8) is 0 Å². The zero-order valence-corrected chi connectivity index (χ0v) is 13.5. The molecule has 0 unspecified atom stereocenters. The van der Waals surface area contributed by atoms with Gasteiger partial charge in [0.25, 0.3) is 5.56 Å². The molecule has 0 atom stereocenters. The van der Waals surface area contributed by atoms with Gasteiger partial charge in [-0.05, 0) is 37.3 Å². The van der Waals surface area contributed by atoms with Crippen molar-refractivity contribution in [3.05, 3.63) is 45.6 Å². The minimum absolute atomic E-state index is 0.178. The van der Waals surface area contributed by atoms with Gasteiger partial charge in [0.15, 0.2) is 0 Å². The van der Waals surface area contributed by atoms with Gasteiger partial charge in [0.2, 0.25) is 10.0 Å². The lowest BCUT2D eigenvalue weighted by Gasteiger charge is -2.05. The van der Waals surface area contributed by atoms with Gasteiger partial charge in [-0.25, -0.2) is 13.4 Å². The number of sulfonamides is 1. The Hall–Kier alpha value is -2.19. The molecule has 0 fully saturated rings. The molecule has 0 radical (unpaired) electrons. The van der Waals surface area contributed by atoms with E-state index >= 15 is 0 Å². The average molecular weight is 335 g/mol. The van der Waals surface area contributed by atoms with Gasteiger partial charge in [-0.3, -0.25) is 9.52 Å². The second-order valence-electron chi connectivity index (χ2n) is 4.94. The summed E-state index contributed by atoms with van der Waals surface area (Å²) in [5.74, 6) is 0.463. The lowest BCUT2D eigenvalue weighted by Crippen LogP contribution is -2.09. The molecule has 0 aliphatic rings. The Morgan fingerprint density at radius 2 is 1.91 bits per heavy atom. The summed E-state index contributed by atoms with van der Waals surface area (Å²) in [7, 11) is -3.31. The first kappa shape index (κ1) is 14.7. The second kappa shape index (κ2) is 5.22. The van der Waals surface area contributed by atoms with Crippen LogP contribution in [-0.4, -0.2) is 24.6 Å². The predicted octanol–water partition coefficient (Wildman–Crippen LogP) is 2.33. The highest BCUT2D eigenvalue weighted by atomic mass is 32.2. The van der Waals surface area contributed by atoms with Gasteiger partial charge in [-0.1, -0.05) is 0 Å². The number of fused-ring (bicyclic) bond motifs is 1. The van der Waals surface area contributed by atoms with E-state index in [4.69, 9.17) is 0 Å². The van der Waals surface area contributed by atoms with E-state index in [0.717, 1.165) is 11.1 Å². The van der Waals surface area contributed by atoms with Crippen molar-refractivity contribution in [2.45, 2.75) is 6.92 Å². The molecule has 0 saturated heterocycles. The number of aromatic nitrogens is 2. The minimum atomic E-state index is -3.31. The number of hydrogen-bond acceptors (Lipinski definition) is 5. The van der Waals surface area contributed by atoms with Crippen molar-refractivity contribution in [3.8, 4) is 11.4 Å². The number of aromatic amines is 1. The first-order valence-electron chi connectivity index (χ1n) is 6.40. The van der Waals surface area contributed by atoms with Crippen molar-refractivity contribution in [2.24, 2.45) is 0 Å². The maximum atomic E-state index is 12.1. The van der Waals surface area contributed by atoms with Crippen LogP contribution >= 0.6 is 11.3 Å². The smallest absolute Gasteiger partial charge is 0.259 e. The van der Waals surface area contributed by atoms with E-state index in [1.807, 2.05) is 13.0 Å². The van der Waals surface area contributed by atoms with E-state index in [1.165, 1.54) is 11.3 Å². The monoisotopic (exact) mass is 335 g/mol. The van der Waals surface area contributed by atoms with Crippen LogP contribution in [0.15, 0.2) is 35.1 Å². The Morgan fingerprint density at radius 3 is 2.55 bits per heavy atom. The standard InChI is InChI=1S/C14H13N3O3S2/c1-8-7-11-13(18)15-12(16-14(11)21-8)9-3-5-10(6-4-9)17-22(2,19)20/h3-7,17H,1-2H3,(H,15,16,18). The van der Waals surface area contributed by atoms with Crippen LogP contribution in [-0.2, 0) is 10.0 Å². The minimum Gasteiger partial charge on any atom is -0.306 e. The molecule has 114 valence electrons. The zero-order chi connectivity index (χ0) is 15.9. The van der Waals surface area contributed by atoms with Gasteiger partial charge in [0, 0.05) is 16.1 Å². The van der Waals surface area contributed by atoms with Gasteiger partial charge < -0.3 is 4.98 Å². The van der Waals surface area contributed by atoms with E-state index < -0.39 is 10.0 Å². The van der Waals surface area contributed by atoms with Crippen molar-refractivity contribution in [1.29, 1.82) is 0 Å². The number of nitrogens with zero attached hydrogens (tertiary/aromatic N) is 1. The second-order valence-corrected chi connectivity index (χ2v) is 7.93. The van der Waals surface area contributed by atoms with Crippen LogP contribution in [0.5, 0.6) is 0 Å². The Bertz CT molecular complexity index is 1000. The van der Waals surface area contributed by atoms with Crippen LogP contribution in [0.3, 0.4) is 0 Å². The summed E-state index contributed by atoms with van der Waals surface area (Å²) in [4.78, 5) is 21.0. The molecule has 1 aromatic carbocycles. The number of rotatable bonds is 3. The van der Waals surface area contributed by atoms with E-state index in [2.05, 4.69) is 14.7 Å². The van der Waals surface area contributed by atoms with Crippen LogP contribution in [0.1, 0.15) is 4.88 Å². The van der Waals surface area contributed by atoms with Gasteiger partial charge in [-0.2, -0.15) is 0 Å². The molecule has 2 heterocycles. The summed E-state index contributed by atoms with van der Waals surface area (Å²) in [5.41, 5.74) is 0.994. The number of benzene rings is 1. The molecule has 2 N–H and O–H groups in total. The van der Waals surface area contributed by atoms with Crippen molar-refractivity contribution in [1.82, 2.24) is 9.97 Å². The Labute approximate surface area is 130 Å². The van der Waals surface area contributed by atoms with E-state index in [-0.39, 0.29) is 5.56 Å². The fourth-order valence-corrected chi connectivity index (χ4v) is 3.54. The lowest BCUT2D eigenvalue weighted by atomic mass is 10.2. The van der Waals surface area contributed by atoms with Crippen LogP contribution in [0.4, 0.5) is 5.69 Å². The molecule has 22 heavy (non-hydrogen) atoms. The number of nitrogens with one attached hydrogen (secondary N) is 2. The quantitative estimate of drug-likeness (QED) is 0.768. The molecule has 0 bridgehead atoms. The van der Waals surface area contributed by atoms with Crippen LogP contribution < -0.4 is 10.3 Å². The van der Waals surface area contributed by atoms with E-state index in [9.17, 15) is 13.2 Å². The third-order valence-electron chi connectivity index (χ3n) is 2.99. The van der Waals surface area contributed by atoms with Crippen LogP contribution in [0.25, 0.3) is 21.6 Å². The fourth-order valence-electron chi connectivity index (χ4n) is 2.10. The number of hydrogen-bond donors (Lipinski definition) is 2. The van der Waals surface area contributed by atoms with E-state index in [0.29, 0.717) is 27.3 Å². The highest BCUT2D eigenvalue weighted by Gasteiger charge is 2.09. The number of anilines is 1. The average Bonchev–Trinajstić information content (AvgIpc) is 2.79. The first-order valence-corrected chi connectivity index (χ1v) is 9.11. The molecule has 0 spiro atoms. The highest BCUT2D eigenvalue weighted by Crippen LogP contribution is 2.23. The molecular formula is C14H13N3O3S2. The summed E-state index contributed by atoms with van der Waals surface area (Å²) in [5, 5.41) is 0.585. The van der Waals surface area contributed by atoms with Gasteiger partial charge in [-0.15, -0.1) is 11.3 Å². The topological polar surface area (TPSA) is 91.9 Å². The summed E-state index contributed by atoms with van der Waals surface area (Å²) in [6, 6.07) is 8.48. The fraction of sp³-hybridized carbons (Fsp3) is 0.143. The molecule has 0 aliphatic heterocycles. The molecule has 6 nitrogen and oxygen atoms in total. The molecule has 2 aromatic heterocycles. The molecule has 3 rings (SSSR count). The molecule has 0 saturated carbocycles. The van der Waals surface area contributed by atoms with Gasteiger partial charge >= 0.3 is 0 Å². The van der Waals surface area contributed by atoms with Crippen molar-refractivity contribution < 1.29 is 8.42 Å². The lowest BCUT2D eigenvalue weighted by molar-refractivity contribution is 0.607. The maximum Gasteiger partial charge on any atom is 0.259 e. The molecule has 0 amide bonds. The molecule has 3 aromatic rings. The molecule has 0 aliphatic carbocycles. The SMILES string of the molecule is Cc1cc2c(=O)[nH]c(-c3ccc(NS(C)(=O)=O)cc3)nc2s1. The van der Waals surface area contributed by atoms with Crippen LogP contribution in [0, 0.1) is 6.92 Å². The maximum absolute atomic E-state index is 12.1. The summed E-state index contributed by atoms with van der Waals surface area (Å²) in [6.45, 7) is 1.93. The van der Waals surface area contributed by atoms with Crippen molar-refractivity contribution in [2.75, 3.05) is 11.0 Å². The first-order chi connectivity index (χ1) is 10.3. The van der Waals surface area contributed by atoms with Gasteiger partial charge in [0.1, 0.15) is 10.7 Å². The third kappa shape index (κ3) is 3.02. The largest absolute Gasteiger partial charge is 0.306 e. The normalized spacial score (nSPS) is 11.7. The highest BCUT2D eigenvalue weighted by molar-refractivity contribution is 7.92. The number of H-pyrrole nitrogens is 1. The summed E-state index contributed by atoms with van der Waals surface area (Å²) < 4.78 is 24.7. The predicted molar refractivity (Wildman–Crippen MR) is 88.9 cm³/mol. The Kier molecular flexibility index (Phi) is 3.50. The summed E-state index contributed by atoms with van der Waals surface area (Å²) >= 11 is 1.46. The molecule has 8 heteroatoms. The zero-order valence-electron chi connectivity index (χ0n) is 11.9. The Morgan fingerprint density at radius 1 is 1.23 bits per heavy atom. The van der Waals surface area contributed by atoms with E-state index in [1.54, 1.807) is 24.3 Å². The van der Waals surface area contributed by atoms with Crippen LogP contribution in [0.2, 0.25) is 0 Å². The Balaban J connectivity index is 2.02. The number of aryl methyl sites for hydroxylation is 1. The molecular weight excluding hydrogens is 322 g/mol. The number of thiophene rings is 1. The third-order valence-corrected chi connectivity index (χ3v) is 4.54. The summed E-state index contributed by atoms with van der Waals surface area (Å²) in [6.07, 6.45) is 1.09. The van der Waals surface area contributed by atoms with Gasteiger partial charge in [0.05, 0.1) is 11.6 Å². The van der Waals surface area contributed by atoms with Crippen molar-refractivity contribution >= 4 is 37.3 Å².